The zero-order valence-corrected chi connectivity index (χ0v) is 16.7. The number of sulfonamides is 1. The Morgan fingerprint density at radius 3 is 2.22 bits per heavy atom. The quantitative estimate of drug-likeness (QED) is 0.804. The number of likely N-dealkylation sites (tertiary alicyclic amines) is 1. The van der Waals surface area contributed by atoms with Crippen molar-refractivity contribution in [3.8, 4) is 0 Å². The van der Waals surface area contributed by atoms with Crippen LogP contribution in [0.5, 0.6) is 0 Å². The van der Waals surface area contributed by atoms with E-state index in [1.807, 2.05) is 11.8 Å². The van der Waals surface area contributed by atoms with Gasteiger partial charge in [-0.05, 0) is 31.9 Å². The van der Waals surface area contributed by atoms with E-state index in [9.17, 15) is 17.6 Å². The first-order valence-corrected chi connectivity index (χ1v) is 11.2. The highest BCUT2D eigenvalue weighted by Gasteiger charge is 2.36. The molecule has 0 aliphatic carbocycles. The molecule has 1 atom stereocenters. The second kappa shape index (κ2) is 8.67. The van der Waals surface area contributed by atoms with E-state index in [0.29, 0.717) is 26.2 Å². The number of quaternary nitrogens is 1. The number of nitrogens with zero attached hydrogens (tertiary/aromatic N) is 2. The monoisotopic (exact) mass is 398 g/mol. The predicted octanol–water partition coefficient (Wildman–Crippen LogP) is 0.506. The lowest BCUT2D eigenvalue weighted by Gasteiger charge is -2.35. The molecule has 1 aromatic rings. The first-order valence-electron chi connectivity index (χ1n) is 9.79. The Morgan fingerprint density at radius 1 is 1.04 bits per heavy atom. The van der Waals surface area contributed by atoms with Gasteiger partial charge in [-0.25, -0.2) is 12.8 Å². The van der Waals surface area contributed by atoms with Gasteiger partial charge in [-0.3, -0.25) is 4.79 Å². The zero-order chi connectivity index (χ0) is 19.4. The lowest BCUT2D eigenvalue weighted by atomic mass is 10.2. The summed E-state index contributed by atoms with van der Waals surface area (Å²) in [7, 11) is -3.84. The fourth-order valence-electron chi connectivity index (χ4n) is 3.98. The van der Waals surface area contributed by atoms with Gasteiger partial charge in [-0.15, -0.1) is 0 Å². The van der Waals surface area contributed by atoms with Crippen LogP contribution in [-0.4, -0.2) is 68.8 Å². The molecule has 150 valence electrons. The second-order valence-electron chi connectivity index (χ2n) is 7.45. The first-order chi connectivity index (χ1) is 12.9. The van der Waals surface area contributed by atoms with Crippen LogP contribution in [-0.2, 0) is 14.8 Å². The van der Waals surface area contributed by atoms with Gasteiger partial charge < -0.3 is 9.80 Å². The second-order valence-corrected chi connectivity index (χ2v) is 9.36. The fraction of sp³-hybridized carbons (Fsp3) is 0.632. The molecule has 0 radical (unpaired) electrons. The highest BCUT2D eigenvalue weighted by molar-refractivity contribution is 7.89. The summed E-state index contributed by atoms with van der Waals surface area (Å²) in [6, 6.07) is 5.29. The number of amides is 1. The lowest BCUT2D eigenvalue weighted by Crippen LogP contribution is -3.19. The summed E-state index contributed by atoms with van der Waals surface area (Å²) in [6.07, 6.45) is 4.47. The number of rotatable bonds is 4. The van der Waals surface area contributed by atoms with E-state index < -0.39 is 15.8 Å². The molecule has 3 rings (SSSR count). The molecule has 1 N–H and O–H groups in total. The molecule has 8 heteroatoms. The van der Waals surface area contributed by atoms with Crippen LogP contribution in [0.25, 0.3) is 0 Å². The van der Waals surface area contributed by atoms with Crippen LogP contribution in [0.3, 0.4) is 0 Å². The lowest BCUT2D eigenvalue weighted by molar-refractivity contribution is -0.918. The number of benzene rings is 1. The van der Waals surface area contributed by atoms with Crippen LogP contribution < -0.4 is 4.90 Å². The molecule has 2 saturated heterocycles. The van der Waals surface area contributed by atoms with Crippen LogP contribution in [0, 0.1) is 5.82 Å². The molecule has 2 aliphatic rings. The summed E-state index contributed by atoms with van der Waals surface area (Å²) in [6.45, 7) is 5.27. The van der Waals surface area contributed by atoms with Gasteiger partial charge in [0.2, 0.25) is 10.0 Å². The Balaban J connectivity index is 1.61. The van der Waals surface area contributed by atoms with Gasteiger partial charge in [-0.1, -0.05) is 25.0 Å². The summed E-state index contributed by atoms with van der Waals surface area (Å²) in [5.74, 6) is -0.561. The average Bonchev–Trinajstić information content (AvgIpc) is 2.96. The van der Waals surface area contributed by atoms with Crippen molar-refractivity contribution in [1.29, 1.82) is 0 Å². The third-order valence-electron chi connectivity index (χ3n) is 5.72. The number of nitrogens with one attached hydrogen (secondary N) is 1. The number of carbonyl (C=O) groups excluding carboxylic acids is 1. The molecule has 0 saturated carbocycles. The number of halogens is 1. The molecular formula is C19H29FN3O3S+. The standard InChI is InChI=1S/C19H28FN3O3S/c1-16(19(24)22-10-6-2-3-7-11-22)21-12-14-23(15-13-21)27(25,26)18-9-5-4-8-17(18)20/h4-5,8-9,16H,2-3,6-7,10-15H2,1H3/p+1/t16-/m1/s1. The van der Waals surface area contributed by atoms with Gasteiger partial charge in [0.05, 0.1) is 26.2 Å². The molecule has 0 spiro atoms. The van der Waals surface area contributed by atoms with Gasteiger partial charge in [-0.2, -0.15) is 4.31 Å². The van der Waals surface area contributed by atoms with E-state index in [1.165, 1.54) is 35.3 Å². The third kappa shape index (κ3) is 4.50. The van der Waals surface area contributed by atoms with Crippen LogP contribution >= 0.6 is 0 Å². The van der Waals surface area contributed by atoms with Gasteiger partial charge in [0.25, 0.3) is 5.91 Å². The molecule has 27 heavy (non-hydrogen) atoms. The van der Waals surface area contributed by atoms with Gasteiger partial charge in [0.1, 0.15) is 10.7 Å². The molecule has 1 amide bonds. The van der Waals surface area contributed by atoms with Crippen molar-refractivity contribution in [2.24, 2.45) is 0 Å². The first kappa shape index (κ1) is 20.2. The molecule has 0 bridgehead atoms. The maximum atomic E-state index is 13.9. The fourth-order valence-corrected chi connectivity index (χ4v) is 5.49. The van der Waals surface area contributed by atoms with Crippen LogP contribution in [0.1, 0.15) is 32.6 Å². The Labute approximate surface area is 161 Å². The Kier molecular flexibility index (Phi) is 6.49. The minimum atomic E-state index is -3.84. The highest BCUT2D eigenvalue weighted by Crippen LogP contribution is 2.19. The topological polar surface area (TPSA) is 62.1 Å². The summed E-state index contributed by atoms with van der Waals surface area (Å²) in [4.78, 5) is 15.6. The Morgan fingerprint density at radius 2 is 1.63 bits per heavy atom. The van der Waals surface area contributed by atoms with Crippen molar-refractivity contribution in [3.05, 3.63) is 30.1 Å². The largest absolute Gasteiger partial charge is 0.338 e. The smallest absolute Gasteiger partial charge is 0.280 e. The average molecular weight is 399 g/mol. The predicted molar refractivity (Wildman–Crippen MR) is 100 cm³/mol. The minimum Gasteiger partial charge on any atom is -0.338 e. The van der Waals surface area contributed by atoms with E-state index in [4.69, 9.17) is 0 Å². The maximum Gasteiger partial charge on any atom is 0.280 e. The van der Waals surface area contributed by atoms with Gasteiger partial charge in [0, 0.05) is 13.1 Å². The molecule has 0 aromatic heterocycles. The zero-order valence-electron chi connectivity index (χ0n) is 15.9. The van der Waals surface area contributed by atoms with Crippen molar-refractivity contribution < 1.29 is 22.5 Å². The van der Waals surface area contributed by atoms with Crippen LogP contribution in [0.2, 0.25) is 0 Å². The molecule has 6 nitrogen and oxygen atoms in total. The summed E-state index contributed by atoms with van der Waals surface area (Å²) < 4.78 is 40.7. The highest BCUT2D eigenvalue weighted by atomic mass is 32.2. The number of hydrogen-bond acceptors (Lipinski definition) is 3. The summed E-state index contributed by atoms with van der Waals surface area (Å²) in [5.41, 5.74) is 0. The number of carbonyl (C=O) groups is 1. The van der Waals surface area contributed by atoms with Crippen molar-refractivity contribution >= 4 is 15.9 Å². The van der Waals surface area contributed by atoms with E-state index >= 15 is 0 Å². The summed E-state index contributed by atoms with van der Waals surface area (Å²) in [5, 5.41) is 0. The molecule has 2 aliphatic heterocycles. The van der Waals surface area contributed by atoms with Gasteiger partial charge in [0.15, 0.2) is 6.04 Å². The van der Waals surface area contributed by atoms with Crippen LogP contribution in [0.15, 0.2) is 29.2 Å². The van der Waals surface area contributed by atoms with E-state index in [0.717, 1.165) is 36.9 Å². The summed E-state index contributed by atoms with van der Waals surface area (Å²) >= 11 is 0. The van der Waals surface area contributed by atoms with Crippen molar-refractivity contribution in [2.75, 3.05) is 39.3 Å². The Bertz CT molecular complexity index is 755. The molecule has 2 heterocycles. The molecule has 2 fully saturated rings. The van der Waals surface area contributed by atoms with E-state index in [1.54, 1.807) is 0 Å². The molecule has 1 aromatic carbocycles. The van der Waals surface area contributed by atoms with Crippen molar-refractivity contribution in [1.82, 2.24) is 9.21 Å². The Hall–Kier alpha value is -1.51. The number of hydrogen-bond donors (Lipinski definition) is 1. The SMILES string of the molecule is C[C@H](C(=O)N1CCCCCC1)[NH+]1CCN(S(=O)(=O)c2ccccc2F)CC1. The molecule has 0 unspecified atom stereocenters. The van der Waals surface area contributed by atoms with E-state index in [-0.39, 0.29) is 16.8 Å². The third-order valence-corrected chi connectivity index (χ3v) is 7.65. The van der Waals surface area contributed by atoms with Crippen molar-refractivity contribution in [2.45, 2.75) is 43.5 Å². The number of piperazine rings is 1. The minimum absolute atomic E-state index is 0.164. The van der Waals surface area contributed by atoms with E-state index in [2.05, 4.69) is 0 Å². The van der Waals surface area contributed by atoms with Crippen LogP contribution in [0.4, 0.5) is 4.39 Å². The molecular weight excluding hydrogens is 369 g/mol. The van der Waals surface area contributed by atoms with Crippen molar-refractivity contribution in [3.63, 3.8) is 0 Å². The normalized spacial score (nSPS) is 21.6. The van der Waals surface area contributed by atoms with Gasteiger partial charge >= 0.3 is 0 Å². The maximum absolute atomic E-state index is 13.9.